The zero-order valence-electron chi connectivity index (χ0n) is 16.0. The number of benzene rings is 2. The van der Waals surface area contributed by atoms with Gasteiger partial charge >= 0.3 is 0 Å². The molecule has 140 valence electrons. The molecule has 0 radical (unpaired) electrons. The van der Waals surface area contributed by atoms with E-state index in [2.05, 4.69) is 54.3 Å². The fourth-order valence-corrected chi connectivity index (χ4v) is 3.82. The van der Waals surface area contributed by atoms with Crippen LogP contribution in [0.1, 0.15) is 29.7 Å². The molecule has 0 unspecified atom stereocenters. The predicted molar refractivity (Wildman–Crippen MR) is 107 cm³/mol. The second kappa shape index (κ2) is 7.97. The predicted octanol–water partition coefficient (Wildman–Crippen LogP) is 4.87. The van der Waals surface area contributed by atoms with E-state index in [4.69, 9.17) is 14.1 Å². The van der Waals surface area contributed by atoms with Crippen LogP contribution in [0.15, 0.2) is 59.2 Å². The number of hydrogen-bond donors (Lipinski definition) is 0. The van der Waals surface area contributed by atoms with Crippen molar-refractivity contribution >= 4 is 0 Å². The van der Waals surface area contributed by atoms with Crippen molar-refractivity contribution in [2.75, 3.05) is 13.7 Å². The van der Waals surface area contributed by atoms with Crippen LogP contribution in [0.5, 0.6) is 5.75 Å². The third kappa shape index (κ3) is 4.22. The Morgan fingerprint density at radius 1 is 1.19 bits per heavy atom. The van der Waals surface area contributed by atoms with Gasteiger partial charge in [0.2, 0.25) is 5.89 Å². The summed E-state index contributed by atoms with van der Waals surface area (Å²) in [6.07, 6.45) is 5.30. The summed E-state index contributed by atoms with van der Waals surface area (Å²) in [5, 5.41) is 0. The first-order valence-electron chi connectivity index (χ1n) is 9.60. The molecule has 2 heterocycles. The first-order valence-corrected chi connectivity index (χ1v) is 9.60. The van der Waals surface area contributed by atoms with Crippen molar-refractivity contribution in [2.24, 2.45) is 0 Å². The lowest BCUT2D eigenvalue weighted by Crippen LogP contribution is -2.30. The Hall–Kier alpha value is -2.59. The number of aromatic nitrogens is 1. The van der Waals surface area contributed by atoms with E-state index in [0.29, 0.717) is 11.9 Å². The van der Waals surface area contributed by atoms with Crippen LogP contribution in [0.25, 0.3) is 11.5 Å². The number of oxazole rings is 1. The summed E-state index contributed by atoms with van der Waals surface area (Å²) < 4.78 is 11.1. The fraction of sp³-hybridized carbons (Fsp3) is 0.348. The molecule has 1 atom stereocenters. The van der Waals surface area contributed by atoms with Crippen LogP contribution in [-0.4, -0.2) is 29.6 Å². The van der Waals surface area contributed by atoms with Gasteiger partial charge in [-0.25, -0.2) is 4.98 Å². The van der Waals surface area contributed by atoms with Gasteiger partial charge in [-0.1, -0.05) is 29.8 Å². The molecule has 0 bridgehead atoms. The Bertz CT molecular complexity index is 885. The molecule has 27 heavy (non-hydrogen) atoms. The van der Waals surface area contributed by atoms with Gasteiger partial charge in [-0.05, 0) is 62.6 Å². The van der Waals surface area contributed by atoms with Gasteiger partial charge in [0.05, 0.1) is 12.8 Å². The quantitative estimate of drug-likeness (QED) is 0.627. The SMILES string of the molecule is COc1cccc(C[C@H]2CCCN2Cc2coc(-c3ccc(C)cc3)n2)c1. The molecule has 1 saturated heterocycles. The normalized spacial score (nSPS) is 17.3. The number of rotatable bonds is 6. The monoisotopic (exact) mass is 362 g/mol. The van der Waals surface area contributed by atoms with E-state index in [-0.39, 0.29) is 0 Å². The molecule has 4 rings (SSSR count). The van der Waals surface area contributed by atoms with Gasteiger partial charge in [-0.3, -0.25) is 4.90 Å². The Labute approximate surface area is 160 Å². The standard InChI is InChI=1S/C23H26N2O2/c1-17-8-10-19(11-9-17)23-24-20(16-27-23)15-25-12-4-6-21(25)13-18-5-3-7-22(14-18)26-2/h3,5,7-11,14,16,21H,4,6,12-13,15H2,1-2H3/t21-/m1/s1. The minimum Gasteiger partial charge on any atom is -0.497 e. The van der Waals surface area contributed by atoms with Gasteiger partial charge < -0.3 is 9.15 Å². The highest BCUT2D eigenvalue weighted by atomic mass is 16.5. The van der Waals surface area contributed by atoms with Crippen molar-refractivity contribution in [1.82, 2.24) is 9.88 Å². The number of likely N-dealkylation sites (tertiary alicyclic amines) is 1. The third-order valence-corrected chi connectivity index (χ3v) is 5.32. The van der Waals surface area contributed by atoms with E-state index < -0.39 is 0 Å². The zero-order chi connectivity index (χ0) is 18.6. The van der Waals surface area contributed by atoms with Crippen LogP contribution in [0.2, 0.25) is 0 Å². The van der Waals surface area contributed by atoms with Crippen LogP contribution in [0.3, 0.4) is 0 Å². The van der Waals surface area contributed by atoms with Crippen LogP contribution < -0.4 is 4.74 Å². The zero-order valence-corrected chi connectivity index (χ0v) is 16.0. The molecule has 4 heteroatoms. The lowest BCUT2D eigenvalue weighted by molar-refractivity contribution is 0.241. The molecular weight excluding hydrogens is 336 g/mol. The largest absolute Gasteiger partial charge is 0.497 e. The average molecular weight is 362 g/mol. The molecular formula is C23H26N2O2. The first kappa shape index (κ1) is 17.8. The molecule has 0 saturated carbocycles. The molecule has 4 nitrogen and oxygen atoms in total. The highest BCUT2D eigenvalue weighted by Crippen LogP contribution is 2.26. The summed E-state index contributed by atoms with van der Waals surface area (Å²) in [5.74, 6) is 1.63. The Morgan fingerprint density at radius 2 is 2.04 bits per heavy atom. The van der Waals surface area contributed by atoms with E-state index in [1.54, 1.807) is 13.4 Å². The molecule has 1 fully saturated rings. The van der Waals surface area contributed by atoms with Gasteiger partial charge in [-0.15, -0.1) is 0 Å². The third-order valence-electron chi connectivity index (χ3n) is 5.32. The minimum atomic E-state index is 0.539. The average Bonchev–Trinajstić information content (AvgIpc) is 3.33. The molecule has 0 amide bonds. The van der Waals surface area contributed by atoms with Crippen molar-refractivity contribution in [3.05, 3.63) is 71.6 Å². The number of nitrogens with zero attached hydrogens (tertiary/aromatic N) is 2. The van der Waals surface area contributed by atoms with Gasteiger partial charge in [0.1, 0.15) is 12.0 Å². The molecule has 1 aliphatic rings. The summed E-state index contributed by atoms with van der Waals surface area (Å²) in [6, 6.07) is 17.2. The molecule has 0 N–H and O–H groups in total. The molecule has 1 aromatic heterocycles. The van der Waals surface area contributed by atoms with Crippen LogP contribution in [-0.2, 0) is 13.0 Å². The van der Waals surface area contributed by atoms with Crippen LogP contribution in [0, 0.1) is 6.92 Å². The van der Waals surface area contributed by atoms with E-state index in [1.165, 1.54) is 24.0 Å². The topological polar surface area (TPSA) is 38.5 Å². The van der Waals surface area contributed by atoms with Crippen molar-refractivity contribution < 1.29 is 9.15 Å². The van der Waals surface area contributed by atoms with Crippen molar-refractivity contribution in [1.29, 1.82) is 0 Å². The second-order valence-electron chi connectivity index (χ2n) is 7.33. The van der Waals surface area contributed by atoms with Gasteiger partial charge in [0.15, 0.2) is 0 Å². The van der Waals surface area contributed by atoms with Crippen LogP contribution >= 0.6 is 0 Å². The number of hydrogen-bond acceptors (Lipinski definition) is 4. The smallest absolute Gasteiger partial charge is 0.226 e. The van der Waals surface area contributed by atoms with Crippen molar-refractivity contribution in [3.63, 3.8) is 0 Å². The maximum absolute atomic E-state index is 5.73. The van der Waals surface area contributed by atoms with Crippen molar-refractivity contribution in [3.8, 4) is 17.2 Å². The highest BCUT2D eigenvalue weighted by Gasteiger charge is 2.25. The Balaban J connectivity index is 1.43. The fourth-order valence-electron chi connectivity index (χ4n) is 3.82. The highest BCUT2D eigenvalue weighted by molar-refractivity contribution is 5.53. The minimum absolute atomic E-state index is 0.539. The molecule has 2 aromatic carbocycles. The van der Waals surface area contributed by atoms with Gasteiger partial charge in [0.25, 0.3) is 0 Å². The first-order chi connectivity index (χ1) is 13.2. The molecule has 1 aliphatic heterocycles. The number of aryl methyl sites for hydroxylation is 1. The maximum atomic E-state index is 5.73. The van der Waals surface area contributed by atoms with Gasteiger partial charge in [0, 0.05) is 18.2 Å². The van der Waals surface area contributed by atoms with E-state index in [0.717, 1.165) is 36.5 Å². The second-order valence-corrected chi connectivity index (χ2v) is 7.33. The van der Waals surface area contributed by atoms with Gasteiger partial charge in [-0.2, -0.15) is 0 Å². The summed E-state index contributed by atoms with van der Waals surface area (Å²) in [6.45, 7) is 4.03. The molecule has 3 aromatic rings. The van der Waals surface area contributed by atoms with Crippen molar-refractivity contribution in [2.45, 2.75) is 38.8 Å². The number of methoxy groups -OCH3 is 1. The summed E-state index contributed by atoms with van der Waals surface area (Å²) in [4.78, 5) is 7.24. The lowest BCUT2D eigenvalue weighted by Gasteiger charge is -2.23. The molecule has 0 aliphatic carbocycles. The molecule has 0 spiro atoms. The van der Waals surface area contributed by atoms with E-state index in [9.17, 15) is 0 Å². The lowest BCUT2D eigenvalue weighted by atomic mass is 10.0. The summed E-state index contributed by atoms with van der Waals surface area (Å²) in [5.41, 5.74) is 4.60. The Kier molecular flexibility index (Phi) is 5.26. The summed E-state index contributed by atoms with van der Waals surface area (Å²) >= 11 is 0. The summed E-state index contributed by atoms with van der Waals surface area (Å²) in [7, 11) is 1.72. The Morgan fingerprint density at radius 3 is 2.85 bits per heavy atom. The maximum Gasteiger partial charge on any atom is 0.226 e. The van der Waals surface area contributed by atoms with E-state index in [1.807, 2.05) is 6.07 Å². The van der Waals surface area contributed by atoms with Crippen LogP contribution in [0.4, 0.5) is 0 Å². The van der Waals surface area contributed by atoms with E-state index >= 15 is 0 Å². The number of ether oxygens (including phenoxy) is 1.